The Hall–Kier alpha value is -2.95. The highest BCUT2D eigenvalue weighted by molar-refractivity contribution is 6.04. The smallest absolute Gasteiger partial charge is 0.275 e. The highest BCUT2D eigenvalue weighted by Crippen LogP contribution is 2.35. The van der Waals surface area contributed by atoms with Crippen LogP contribution in [0, 0.1) is 0 Å². The van der Waals surface area contributed by atoms with Crippen LogP contribution in [0.5, 0.6) is 0 Å². The summed E-state index contributed by atoms with van der Waals surface area (Å²) in [4.78, 5) is 26.6. The number of nitrogens with one attached hydrogen (secondary N) is 1. The average Bonchev–Trinajstić information content (AvgIpc) is 3.05. The van der Waals surface area contributed by atoms with Gasteiger partial charge in [0.05, 0.1) is 11.4 Å². The molecule has 0 aliphatic heterocycles. The molecule has 1 N–H and O–H groups in total. The molecule has 24 heavy (non-hydrogen) atoms. The average molecular weight is 319 g/mol. The number of carbonyl (C=O) groups is 1. The summed E-state index contributed by atoms with van der Waals surface area (Å²) < 4.78 is 0. The molecular weight excluding hydrogens is 302 g/mol. The largest absolute Gasteiger partial charge is 0.333 e. The van der Waals surface area contributed by atoms with E-state index in [1.807, 2.05) is 18.2 Å². The molecule has 0 bridgehead atoms. The third kappa shape index (κ3) is 2.21. The number of aromatic amines is 1. The normalized spacial score (nSPS) is 16.1. The SMILES string of the molecule is CN(C(=O)c1n[nH]c(=O)c2ccccc12)C1CCc2ccccc21. The second-order valence-corrected chi connectivity index (χ2v) is 6.12. The molecular formula is C19H17N3O2. The van der Waals surface area contributed by atoms with Gasteiger partial charge in [0.1, 0.15) is 0 Å². The zero-order valence-electron chi connectivity index (χ0n) is 13.3. The first-order chi connectivity index (χ1) is 11.7. The highest BCUT2D eigenvalue weighted by Gasteiger charge is 2.30. The van der Waals surface area contributed by atoms with Crippen LogP contribution in [0.2, 0.25) is 0 Å². The van der Waals surface area contributed by atoms with E-state index in [4.69, 9.17) is 0 Å². The quantitative estimate of drug-likeness (QED) is 0.790. The predicted octanol–water partition coefficient (Wildman–Crippen LogP) is 2.68. The number of fused-ring (bicyclic) bond motifs is 2. The van der Waals surface area contributed by atoms with E-state index >= 15 is 0 Å². The van der Waals surface area contributed by atoms with Crippen LogP contribution in [0.4, 0.5) is 0 Å². The van der Waals surface area contributed by atoms with Crippen molar-refractivity contribution in [3.63, 3.8) is 0 Å². The summed E-state index contributed by atoms with van der Waals surface area (Å²) in [6, 6.07) is 15.3. The maximum Gasteiger partial charge on any atom is 0.275 e. The molecule has 0 saturated carbocycles. The molecule has 0 fully saturated rings. The van der Waals surface area contributed by atoms with Gasteiger partial charge >= 0.3 is 0 Å². The first-order valence-electron chi connectivity index (χ1n) is 7.99. The van der Waals surface area contributed by atoms with Crippen molar-refractivity contribution in [2.75, 3.05) is 7.05 Å². The molecule has 1 aliphatic carbocycles. The molecule has 1 aliphatic rings. The lowest BCUT2D eigenvalue weighted by atomic mass is 10.1. The Balaban J connectivity index is 1.75. The molecule has 4 rings (SSSR count). The van der Waals surface area contributed by atoms with E-state index in [9.17, 15) is 9.59 Å². The standard InChI is InChI=1S/C19H17N3O2/c1-22(16-11-10-12-6-2-3-7-13(12)16)19(24)17-14-8-4-5-9-15(14)18(23)21-20-17/h2-9,16H,10-11H2,1H3,(H,21,23). The maximum atomic E-state index is 13.0. The van der Waals surface area contributed by atoms with Gasteiger partial charge in [-0.25, -0.2) is 5.10 Å². The molecule has 5 heteroatoms. The van der Waals surface area contributed by atoms with E-state index in [1.165, 1.54) is 11.1 Å². The summed E-state index contributed by atoms with van der Waals surface area (Å²) in [5.41, 5.74) is 2.50. The second-order valence-electron chi connectivity index (χ2n) is 6.12. The molecule has 1 aromatic heterocycles. The molecule has 120 valence electrons. The monoisotopic (exact) mass is 319 g/mol. The lowest BCUT2D eigenvalue weighted by Gasteiger charge is -2.25. The van der Waals surface area contributed by atoms with Crippen LogP contribution in [0.3, 0.4) is 0 Å². The van der Waals surface area contributed by atoms with Gasteiger partial charge in [0.15, 0.2) is 5.69 Å². The minimum Gasteiger partial charge on any atom is -0.333 e. The molecule has 2 aromatic carbocycles. The molecule has 1 heterocycles. The van der Waals surface area contributed by atoms with Gasteiger partial charge in [-0.3, -0.25) is 9.59 Å². The van der Waals surface area contributed by atoms with Crippen LogP contribution in [-0.4, -0.2) is 28.1 Å². The van der Waals surface area contributed by atoms with Crippen LogP contribution in [0.15, 0.2) is 53.3 Å². The Morgan fingerprint density at radius 2 is 1.83 bits per heavy atom. The Kier molecular flexibility index (Phi) is 3.41. The molecule has 0 spiro atoms. The molecule has 1 atom stereocenters. The number of hydrogen-bond donors (Lipinski definition) is 1. The van der Waals surface area contributed by atoms with Crippen LogP contribution >= 0.6 is 0 Å². The third-order valence-electron chi connectivity index (χ3n) is 4.79. The summed E-state index contributed by atoms with van der Waals surface area (Å²) in [5.74, 6) is -0.177. The van der Waals surface area contributed by atoms with Crippen LogP contribution < -0.4 is 5.56 Å². The molecule has 5 nitrogen and oxygen atoms in total. The van der Waals surface area contributed by atoms with Crippen molar-refractivity contribution in [2.24, 2.45) is 0 Å². The van der Waals surface area contributed by atoms with Gasteiger partial charge in [0.2, 0.25) is 0 Å². The van der Waals surface area contributed by atoms with Gasteiger partial charge in [0, 0.05) is 12.4 Å². The van der Waals surface area contributed by atoms with Gasteiger partial charge in [-0.15, -0.1) is 0 Å². The van der Waals surface area contributed by atoms with Crippen molar-refractivity contribution in [1.82, 2.24) is 15.1 Å². The Labute approximate surface area is 138 Å². The fourth-order valence-electron chi connectivity index (χ4n) is 3.52. The number of aromatic nitrogens is 2. The number of amides is 1. The van der Waals surface area contributed by atoms with Crippen LogP contribution in [0.25, 0.3) is 10.8 Å². The van der Waals surface area contributed by atoms with E-state index in [0.29, 0.717) is 10.8 Å². The van der Waals surface area contributed by atoms with Crippen LogP contribution in [-0.2, 0) is 6.42 Å². The maximum absolute atomic E-state index is 13.0. The molecule has 0 saturated heterocycles. The van der Waals surface area contributed by atoms with E-state index in [1.54, 1.807) is 30.1 Å². The third-order valence-corrected chi connectivity index (χ3v) is 4.79. The molecule has 3 aromatic rings. The summed E-state index contributed by atoms with van der Waals surface area (Å²) >= 11 is 0. The predicted molar refractivity (Wildman–Crippen MR) is 92.0 cm³/mol. The lowest BCUT2D eigenvalue weighted by Crippen LogP contribution is -2.32. The highest BCUT2D eigenvalue weighted by atomic mass is 16.2. The fourth-order valence-corrected chi connectivity index (χ4v) is 3.52. The lowest BCUT2D eigenvalue weighted by molar-refractivity contribution is 0.0725. The number of hydrogen-bond acceptors (Lipinski definition) is 3. The van der Waals surface area contributed by atoms with Gasteiger partial charge in [-0.1, -0.05) is 42.5 Å². The number of nitrogens with zero attached hydrogens (tertiary/aromatic N) is 2. The van der Waals surface area contributed by atoms with Gasteiger partial charge in [0.25, 0.3) is 11.5 Å². The Bertz CT molecular complexity index is 993. The van der Waals surface area contributed by atoms with Crippen molar-refractivity contribution in [3.05, 3.63) is 75.7 Å². The van der Waals surface area contributed by atoms with Gasteiger partial charge < -0.3 is 4.90 Å². The van der Waals surface area contributed by atoms with E-state index in [2.05, 4.69) is 22.3 Å². The number of H-pyrrole nitrogens is 1. The second kappa shape index (κ2) is 5.60. The summed E-state index contributed by atoms with van der Waals surface area (Å²) in [7, 11) is 1.80. The molecule has 0 radical (unpaired) electrons. The van der Waals surface area contributed by atoms with E-state index in [-0.39, 0.29) is 23.2 Å². The Morgan fingerprint density at radius 3 is 2.67 bits per heavy atom. The Morgan fingerprint density at radius 1 is 1.12 bits per heavy atom. The van der Waals surface area contributed by atoms with Crippen LogP contribution in [0.1, 0.15) is 34.1 Å². The van der Waals surface area contributed by atoms with Crippen molar-refractivity contribution in [3.8, 4) is 0 Å². The van der Waals surface area contributed by atoms with Crippen molar-refractivity contribution >= 4 is 16.7 Å². The summed E-state index contributed by atoms with van der Waals surface area (Å²) in [5, 5.41) is 7.53. The number of benzene rings is 2. The molecule has 1 unspecified atom stereocenters. The van der Waals surface area contributed by atoms with Crippen molar-refractivity contribution in [1.29, 1.82) is 0 Å². The number of carbonyl (C=O) groups excluding carboxylic acids is 1. The van der Waals surface area contributed by atoms with Gasteiger partial charge in [-0.2, -0.15) is 5.10 Å². The number of rotatable bonds is 2. The minimum atomic E-state index is -0.281. The summed E-state index contributed by atoms with van der Waals surface area (Å²) in [6.07, 6.45) is 1.88. The molecule has 1 amide bonds. The topological polar surface area (TPSA) is 66.1 Å². The summed E-state index contributed by atoms with van der Waals surface area (Å²) in [6.45, 7) is 0. The minimum absolute atomic E-state index is 0.0428. The van der Waals surface area contributed by atoms with E-state index < -0.39 is 0 Å². The first-order valence-corrected chi connectivity index (χ1v) is 7.99. The number of aryl methyl sites for hydroxylation is 1. The van der Waals surface area contributed by atoms with Crippen molar-refractivity contribution < 1.29 is 4.79 Å². The first kappa shape index (κ1) is 14.6. The van der Waals surface area contributed by atoms with Gasteiger partial charge in [-0.05, 0) is 30.0 Å². The zero-order chi connectivity index (χ0) is 16.7. The fraction of sp³-hybridized carbons (Fsp3) is 0.211. The zero-order valence-corrected chi connectivity index (χ0v) is 13.3. The van der Waals surface area contributed by atoms with Crippen molar-refractivity contribution in [2.45, 2.75) is 18.9 Å². The van der Waals surface area contributed by atoms with E-state index in [0.717, 1.165) is 12.8 Å².